The van der Waals surface area contributed by atoms with E-state index in [-0.39, 0.29) is 10.7 Å². The molecule has 0 atom stereocenters. The van der Waals surface area contributed by atoms with E-state index in [4.69, 9.17) is 27.2 Å². The first-order valence-electron chi connectivity index (χ1n) is 11.1. The summed E-state index contributed by atoms with van der Waals surface area (Å²) in [5.41, 5.74) is 5.99. The van der Waals surface area contributed by atoms with Crippen LogP contribution in [0.4, 0.5) is 0 Å². The van der Waals surface area contributed by atoms with E-state index < -0.39 is 12.0 Å². The number of carboxylic acids is 1. The van der Waals surface area contributed by atoms with E-state index in [1.165, 1.54) is 0 Å². The molecule has 0 fully saturated rings. The lowest BCUT2D eigenvalue weighted by atomic mass is 9.93. The average Bonchev–Trinajstić information content (AvgIpc) is 3.20. The van der Waals surface area contributed by atoms with E-state index in [1.807, 2.05) is 80.6 Å². The number of hydrogen-bond donors (Lipinski definition) is 1. The summed E-state index contributed by atoms with van der Waals surface area (Å²) in [6.45, 7) is 4.00. The summed E-state index contributed by atoms with van der Waals surface area (Å²) in [6.07, 6.45) is 1.98. The zero-order valence-corrected chi connectivity index (χ0v) is 20.0. The Balaban J connectivity index is 1.84. The maximum Gasteiger partial charge on any atom is 0.335 e. The fourth-order valence-electron chi connectivity index (χ4n) is 4.27. The van der Waals surface area contributed by atoms with Crippen LogP contribution in [0.3, 0.4) is 0 Å². The molecule has 2 heterocycles. The van der Waals surface area contributed by atoms with E-state index in [1.54, 1.807) is 18.2 Å². The number of rotatable bonds is 5. The average molecular weight is 479 g/mol. The Bertz CT molecular complexity index is 1490. The predicted octanol–water partition coefficient (Wildman–Crippen LogP) is 5.98. The molecule has 5 rings (SSSR count). The number of allylic oxidation sites excluding steroid dienone is 1. The van der Waals surface area contributed by atoms with Gasteiger partial charge < -0.3 is 9.67 Å². The standard InChI is InChI=1S/C28H22N4O2S/c1-17(2)15-23-29-21-16-20(27(33)34)13-14-22(21)32(23)26-24(18-9-5-3-6-10-18)30-28(35)31-25(26)19-11-7-4-8-12-19/h3-16,26H,1-2H3,(H,33,34). The zero-order valence-electron chi connectivity index (χ0n) is 19.2. The number of benzene rings is 3. The molecule has 0 unspecified atom stereocenters. The molecule has 6 nitrogen and oxygen atoms in total. The van der Waals surface area contributed by atoms with Gasteiger partial charge in [0.25, 0.3) is 0 Å². The molecule has 0 radical (unpaired) electrons. The lowest BCUT2D eigenvalue weighted by Gasteiger charge is -2.28. The third-order valence-electron chi connectivity index (χ3n) is 5.73. The van der Waals surface area contributed by atoms with Crippen molar-refractivity contribution in [1.82, 2.24) is 9.55 Å². The molecule has 0 saturated carbocycles. The first-order chi connectivity index (χ1) is 16.9. The van der Waals surface area contributed by atoms with Crippen LogP contribution in [0.2, 0.25) is 0 Å². The monoisotopic (exact) mass is 478 g/mol. The Morgan fingerprint density at radius 1 is 0.914 bits per heavy atom. The van der Waals surface area contributed by atoms with Crippen LogP contribution in [0.25, 0.3) is 17.1 Å². The van der Waals surface area contributed by atoms with Crippen molar-refractivity contribution in [2.24, 2.45) is 9.98 Å². The van der Waals surface area contributed by atoms with Crippen molar-refractivity contribution in [2.75, 3.05) is 0 Å². The topological polar surface area (TPSA) is 79.8 Å². The second-order valence-corrected chi connectivity index (χ2v) is 8.85. The highest BCUT2D eigenvalue weighted by molar-refractivity contribution is 7.80. The highest BCUT2D eigenvalue weighted by Gasteiger charge is 2.33. The fraction of sp³-hybridized carbons (Fsp3) is 0.107. The molecular weight excluding hydrogens is 456 g/mol. The molecule has 1 aliphatic rings. The maximum absolute atomic E-state index is 11.6. The van der Waals surface area contributed by atoms with Gasteiger partial charge in [0.2, 0.25) is 5.11 Å². The van der Waals surface area contributed by atoms with Gasteiger partial charge in [-0.3, -0.25) is 0 Å². The number of aromatic nitrogens is 2. The van der Waals surface area contributed by atoms with Crippen LogP contribution in [0.15, 0.2) is 94.4 Å². The van der Waals surface area contributed by atoms with Gasteiger partial charge in [0.05, 0.1) is 28.0 Å². The van der Waals surface area contributed by atoms with Gasteiger partial charge in [-0.25, -0.2) is 19.8 Å². The Morgan fingerprint density at radius 2 is 1.49 bits per heavy atom. The van der Waals surface area contributed by atoms with E-state index in [2.05, 4.69) is 4.57 Å². The SMILES string of the molecule is CC(C)=Cc1nc2cc(C(=O)O)ccc2n1C1C(c2ccccc2)=NC(=S)N=C1c1ccccc1. The normalized spacial score (nSPS) is 13.9. The highest BCUT2D eigenvalue weighted by atomic mass is 32.1. The summed E-state index contributed by atoms with van der Waals surface area (Å²) >= 11 is 5.51. The Labute approximate surface area is 208 Å². The lowest BCUT2D eigenvalue weighted by molar-refractivity contribution is 0.0697. The fourth-order valence-corrected chi connectivity index (χ4v) is 4.47. The quantitative estimate of drug-likeness (QED) is 0.358. The second-order valence-electron chi connectivity index (χ2n) is 8.48. The summed E-state index contributed by atoms with van der Waals surface area (Å²) in [5, 5.41) is 9.79. The van der Waals surface area contributed by atoms with Gasteiger partial charge in [-0.1, -0.05) is 66.2 Å². The summed E-state index contributed by atoms with van der Waals surface area (Å²) in [5.74, 6) is -0.307. The lowest BCUT2D eigenvalue weighted by Crippen LogP contribution is -2.33. The Kier molecular flexibility index (Phi) is 5.93. The summed E-state index contributed by atoms with van der Waals surface area (Å²) in [7, 11) is 0. The molecule has 1 N–H and O–H groups in total. The molecule has 0 amide bonds. The molecule has 172 valence electrons. The largest absolute Gasteiger partial charge is 0.478 e. The van der Waals surface area contributed by atoms with Crippen LogP contribution in [-0.4, -0.2) is 37.2 Å². The number of nitrogens with zero attached hydrogens (tertiary/aromatic N) is 4. The third-order valence-corrected chi connectivity index (χ3v) is 5.91. The molecule has 0 spiro atoms. The molecule has 1 aliphatic heterocycles. The van der Waals surface area contributed by atoms with E-state index in [0.717, 1.165) is 33.6 Å². The summed E-state index contributed by atoms with van der Waals surface area (Å²) in [6, 6.07) is 24.4. The Hall–Kier alpha value is -4.23. The summed E-state index contributed by atoms with van der Waals surface area (Å²) < 4.78 is 2.08. The second kappa shape index (κ2) is 9.19. The van der Waals surface area contributed by atoms with Crippen molar-refractivity contribution >= 4 is 51.8 Å². The van der Waals surface area contributed by atoms with E-state index >= 15 is 0 Å². The molecule has 0 saturated heterocycles. The van der Waals surface area contributed by atoms with Crippen molar-refractivity contribution in [2.45, 2.75) is 19.9 Å². The van der Waals surface area contributed by atoms with Crippen molar-refractivity contribution in [3.05, 3.63) is 107 Å². The molecule has 0 bridgehead atoms. The van der Waals surface area contributed by atoms with Crippen LogP contribution >= 0.6 is 12.2 Å². The molecule has 0 aliphatic carbocycles. The number of fused-ring (bicyclic) bond motifs is 1. The molecular formula is C28H22N4O2S. The summed E-state index contributed by atoms with van der Waals surface area (Å²) in [4.78, 5) is 25.9. The predicted molar refractivity (Wildman–Crippen MR) is 144 cm³/mol. The number of aliphatic imine (C=N–C) groups is 2. The van der Waals surface area contributed by atoms with E-state index in [9.17, 15) is 9.90 Å². The van der Waals surface area contributed by atoms with Crippen molar-refractivity contribution < 1.29 is 9.90 Å². The maximum atomic E-state index is 11.6. The third kappa shape index (κ3) is 4.34. The highest BCUT2D eigenvalue weighted by Crippen LogP contribution is 2.32. The zero-order chi connectivity index (χ0) is 24.5. The number of thiocarbonyl (C=S) groups is 1. The van der Waals surface area contributed by atoms with Crippen molar-refractivity contribution in [3.8, 4) is 0 Å². The Morgan fingerprint density at radius 3 is 2.00 bits per heavy atom. The van der Waals surface area contributed by atoms with Crippen molar-refractivity contribution in [3.63, 3.8) is 0 Å². The van der Waals surface area contributed by atoms with Gasteiger partial charge in [-0.2, -0.15) is 0 Å². The first-order valence-corrected chi connectivity index (χ1v) is 11.6. The minimum atomic E-state index is -0.994. The number of hydrogen-bond acceptors (Lipinski definition) is 3. The van der Waals surface area contributed by atoms with Gasteiger partial charge >= 0.3 is 5.97 Å². The minimum absolute atomic E-state index is 0.185. The molecule has 35 heavy (non-hydrogen) atoms. The number of aromatic carboxylic acids is 1. The van der Waals surface area contributed by atoms with Crippen LogP contribution < -0.4 is 0 Å². The molecule has 7 heteroatoms. The van der Waals surface area contributed by atoms with Gasteiger partial charge in [-0.05, 0) is 61.5 Å². The van der Waals surface area contributed by atoms with Gasteiger partial charge in [0, 0.05) is 0 Å². The first kappa shape index (κ1) is 22.6. The van der Waals surface area contributed by atoms with Crippen LogP contribution in [0.1, 0.15) is 47.2 Å². The number of imidazole rings is 1. The van der Waals surface area contributed by atoms with Gasteiger partial charge in [-0.15, -0.1) is 0 Å². The smallest absolute Gasteiger partial charge is 0.335 e. The van der Waals surface area contributed by atoms with Crippen LogP contribution in [0, 0.1) is 0 Å². The van der Waals surface area contributed by atoms with Gasteiger partial charge in [0.15, 0.2) is 0 Å². The molecule has 1 aromatic heterocycles. The van der Waals surface area contributed by atoms with Crippen molar-refractivity contribution in [1.29, 1.82) is 0 Å². The molecule has 3 aromatic carbocycles. The number of carbonyl (C=O) groups is 1. The number of carboxylic acid groups (broad SMARTS) is 1. The van der Waals surface area contributed by atoms with Crippen LogP contribution in [0.5, 0.6) is 0 Å². The van der Waals surface area contributed by atoms with E-state index in [0.29, 0.717) is 11.3 Å². The molecule has 4 aromatic rings. The van der Waals surface area contributed by atoms with Crippen LogP contribution in [-0.2, 0) is 0 Å². The van der Waals surface area contributed by atoms with Gasteiger partial charge in [0.1, 0.15) is 11.9 Å². The minimum Gasteiger partial charge on any atom is -0.478 e.